The highest BCUT2D eigenvalue weighted by Gasteiger charge is 2.12. The largest absolute Gasteiger partial charge is 0.261 e. The fourth-order valence-electron chi connectivity index (χ4n) is 2.60. The van der Waals surface area contributed by atoms with Crippen LogP contribution in [0.3, 0.4) is 0 Å². The van der Waals surface area contributed by atoms with Crippen LogP contribution in [-0.2, 0) is 0 Å². The van der Waals surface area contributed by atoms with Crippen LogP contribution in [0.1, 0.15) is 89.7 Å². The van der Waals surface area contributed by atoms with Crippen LogP contribution in [-0.4, -0.2) is 9.97 Å². The Balaban J connectivity index is 2.39. The van der Waals surface area contributed by atoms with Gasteiger partial charge in [0.2, 0.25) is 0 Å². The van der Waals surface area contributed by atoms with Gasteiger partial charge < -0.3 is 0 Å². The van der Waals surface area contributed by atoms with E-state index in [0.29, 0.717) is 5.92 Å². The van der Waals surface area contributed by atoms with Crippen LogP contribution >= 0.6 is 0 Å². The van der Waals surface area contributed by atoms with Gasteiger partial charge in [-0.15, -0.1) is 0 Å². The van der Waals surface area contributed by atoms with E-state index >= 15 is 0 Å². The molecule has 0 amide bonds. The minimum absolute atomic E-state index is 0.627. The molecule has 0 atom stereocenters. The average molecular weight is 262 g/mol. The molecule has 0 fully saturated rings. The number of nitrogens with zero attached hydrogens (tertiary/aromatic N) is 2. The number of aromatic nitrogens is 2. The molecule has 2 nitrogen and oxygen atoms in total. The van der Waals surface area contributed by atoms with Gasteiger partial charge in [0.25, 0.3) is 0 Å². The summed E-state index contributed by atoms with van der Waals surface area (Å²) in [6, 6.07) is 0. The Kier molecular flexibility index (Phi) is 9.30. The summed E-state index contributed by atoms with van der Waals surface area (Å²) in [5.41, 5.74) is 1.20. The predicted molar refractivity (Wildman–Crippen MR) is 82.3 cm³/mol. The second kappa shape index (κ2) is 11.0. The summed E-state index contributed by atoms with van der Waals surface area (Å²) in [4.78, 5) is 8.75. The Morgan fingerprint density at radius 1 is 0.842 bits per heavy atom. The topological polar surface area (TPSA) is 25.8 Å². The zero-order valence-corrected chi connectivity index (χ0v) is 12.8. The Labute approximate surface area is 119 Å². The molecule has 108 valence electrons. The van der Waals surface area contributed by atoms with Crippen molar-refractivity contribution in [1.29, 1.82) is 0 Å². The number of hydrogen-bond acceptors (Lipinski definition) is 2. The molecule has 0 saturated carbocycles. The zero-order chi connectivity index (χ0) is 13.8. The molecular formula is C17H30N2. The van der Waals surface area contributed by atoms with Gasteiger partial charge in [-0.1, -0.05) is 65.2 Å². The van der Waals surface area contributed by atoms with Crippen molar-refractivity contribution in [2.75, 3.05) is 0 Å². The molecule has 0 aliphatic carbocycles. The van der Waals surface area contributed by atoms with Crippen molar-refractivity contribution in [3.05, 3.63) is 24.3 Å². The van der Waals surface area contributed by atoms with Crippen LogP contribution < -0.4 is 0 Å². The molecule has 0 N–H and O–H groups in total. The molecule has 0 aliphatic rings. The number of unbranched alkanes of at least 4 members (excludes halogenated alkanes) is 6. The Morgan fingerprint density at radius 3 is 1.95 bits per heavy atom. The summed E-state index contributed by atoms with van der Waals surface area (Å²) in [5, 5.41) is 0. The third kappa shape index (κ3) is 7.29. The fourth-order valence-corrected chi connectivity index (χ4v) is 2.60. The van der Waals surface area contributed by atoms with Crippen LogP contribution in [0.2, 0.25) is 0 Å². The van der Waals surface area contributed by atoms with Crippen LogP contribution in [0.25, 0.3) is 0 Å². The molecule has 1 aromatic rings. The second-order valence-electron chi connectivity index (χ2n) is 5.53. The highest BCUT2D eigenvalue weighted by atomic mass is 14.8. The van der Waals surface area contributed by atoms with Crippen LogP contribution in [0, 0.1) is 0 Å². The lowest BCUT2D eigenvalue weighted by Gasteiger charge is -2.15. The Morgan fingerprint density at radius 2 is 1.47 bits per heavy atom. The standard InChI is InChI=1S/C17H30N2/c1-3-5-7-9-11-16(12-10-8-6-4-2)17-15-18-13-14-19-17/h13-16H,3-12H2,1-2H3. The molecular weight excluding hydrogens is 232 g/mol. The minimum Gasteiger partial charge on any atom is -0.261 e. The van der Waals surface area contributed by atoms with Crippen molar-refractivity contribution in [3.8, 4) is 0 Å². The molecule has 2 heteroatoms. The van der Waals surface area contributed by atoms with Crippen LogP contribution in [0.4, 0.5) is 0 Å². The summed E-state index contributed by atoms with van der Waals surface area (Å²) in [6.45, 7) is 4.54. The smallest absolute Gasteiger partial charge is 0.0617 e. The summed E-state index contributed by atoms with van der Waals surface area (Å²) in [7, 11) is 0. The van der Waals surface area contributed by atoms with Crippen molar-refractivity contribution in [2.45, 2.75) is 84.0 Å². The van der Waals surface area contributed by atoms with E-state index in [1.165, 1.54) is 69.9 Å². The number of rotatable bonds is 11. The summed E-state index contributed by atoms with van der Waals surface area (Å²) < 4.78 is 0. The first kappa shape index (κ1) is 16.1. The van der Waals surface area contributed by atoms with Gasteiger partial charge in [0.05, 0.1) is 5.69 Å². The van der Waals surface area contributed by atoms with Crippen LogP contribution in [0.15, 0.2) is 18.6 Å². The molecule has 19 heavy (non-hydrogen) atoms. The summed E-state index contributed by atoms with van der Waals surface area (Å²) in [5.74, 6) is 0.627. The SMILES string of the molecule is CCCCCCC(CCCCCC)c1cnccn1. The van der Waals surface area contributed by atoms with Gasteiger partial charge in [-0.05, 0) is 12.8 Å². The maximum absolute atomic E-state index is 4.51. The third-order valence-electron chi connectivity index (χ3n) is 3.81. The lowest BCUT2D eigenvalue weighted by atomic mass is 9.92. The third-order valence-corrected chi connectivity index (χ3v) is 3.81. The molecule has 0 bridgehead atoms. The zero-order valence-electron chi connectivity index (χ0n) is 12.8. The quantitative estimate of drug-likeness (QED) is 0.492. The van der Waals surface area contributed by atoms with E-state index in [4.69, 9.17) is 0 Å². The van der Waals surface area contributed by atoms with Gasteiger partial charge in [-0.2, -0.15) is 0 Å². The Hall–Kier alpha value is -0.920. The van der Waals surface area contributed by atoms with E-state index in [1.54, 1.807) is 6.20 Å². The Bertz CT molecular complexity index is 285. The average Bonchev–Trinajstić information content (AvgIpc) is 2.46. The highest BCUT2D eigenvalue weighted by Crippen LogP contribution is 2.26. The van der Waals surface area contributed by atoms with Crippen molar-refractivity contribution in [3.63, 3.8) is 0 Å². The molecule has 0 spiro atoms. The molecule has 0 unspecified atom stereocenters. The van der Waals surface area contributed by atoms with Gasteiger partial charge in [0.1, 0.15) is 0 Å². The lowest BCUT2D eigenvalue weighted by molar-refractivity contribution is 0.487. The van der Waals surface area contributed by atoms with E-state index < -0.39 is 0 Å². The summed E-state index contributed by atoms with van der Waals surface area (Å²) in [6.07, 6.45) is 18.9. The van der Waals surface area contributed by atoms with Crippen molar-refractivity contribution < 1.29 is 0 Å². The highest BCUT2D eigenvalue weighted by molar-refractivity contribution is 5.03. The molecule has 1 heterocycles. The van der Waals surface area contributed by atoms with Gasteiger partial charge in [0.15, 0.2) is 0 Å². The molecule has 0 radical (unpaired) electrons. The van der Waals surface area contributed by atoms with Crippen molar-refractivity contribution in [2.24, 2.45) is 0 Å². The predicted octanol–water partition coefficient (Wildman–Crippen LogP) is 5.50. The first-order valence-corrected chi connectivity index (χ1v) is 8.14. The van der Waals surface area contributed by atoms with E-state index in [0.717, 1.165) is 0 Å². The van der Waals surface area contributed by atoms with E-state index in [-0.39, 0.29) is 0 Å². The normalized spacial score (nSPS) is 11.1. The van der Waals surface area contributed by atoms with E-state index in [2.05, 4.69) is 23.8 Å². The van der Waals surface area contributed by atoms with Gasteiger partial charge in [-0.3, -0.25) is 9.97 Å². The van der Waals surface area contributed by atoms with E-state index in [1.807, 2.05) is 12.4 Å². The van der Waals surface area contributed by atoms with Crippen molar-refractivity contribution in [1.82, 2.24) is 9.97 Å². The monoisotopic (exact) mass is 262 g/mol. The molecule has 0 saturated heterocycles. The molecule has 0 aromatic carbocycles. The van der Waals surface area contributed by atoms with Crippen molar-refractivity contribution >= 4 is 0 Å². The molecule has 0 aliphatic heterocycles. The maximum Gasteiger partial charge on any atom is 0.0617 e. The van der Waals surface area contributed by atoms with E-state index in [9.17, 15) is 0 Å². The maximum atomic E-state index is 4.51. The van der Waals surface area contributed by atoms with Gasteiger partial charge in [-0.25, -0.2) is 0 Å². The summed E-state index contributed by atoms with van der Waals surface area (Å²) >= 11 is 0. The molecule has 1 rings (SSSR count). The van der Waals surface area contributed by atoms with Gasteiger partial charge in [0, 0.05) is 24.5 Å². The molecule has 1 aromatic heterocycles. The fraction of sp³-hybridized carbons (Fsp3) is 0.765. The van der Waals surface area contributed by atoms with Crippen LogP contribution in [0.5, 0.6) is 0 Å². The second-order valence-corrected chi connectivity index (χ2v) is 5.53. The first-order valence-electron chi connectivity index (χ1n) is 8.14. The first-order chi connectivity index (χ1) is 9.38. The number of hydrogen-bond donors (Lipinski definition) is 0. The minimum atomic E-state index is 0.627. The van der Waals surface area contributed by atoms with Gasteiger partial charge >= 0.3 is 0 Å². The lowest BCUT2D eigenvalue weighted by Crippen LogP contribution is -2.02.